The molecule has 0 unspecified atom stereocenters. The van der Waals surface area contributed by atoms with Gasteiger partial charge in [-0.05, 0) is 24.7 Å². The van der Waals surface area contributed by atoms with Gasteiger partial charge in [0.1, 0.15) is 0 Å². The standard InChI is InChI=1S/C14H18N4O/c1-17-4-6-18(7-5-17)9-11-2-3-12-13(8-11)16-14(10-19)15-12/h2-3,8,10H,4-7,9H2,1H3,(H,15,16). The Balaban J connectivity index is 1.75. The Morgan fingerprint density at radius 3 is 2.84 bits per heavy atom. The van der Waals surface area contributed by atoms with Crippen LogP contribution in [0.3, 0.4) is 0 Å². The summed E-state index contributed by atoms with van der Waals surface area (Å²) in [6, 6.07) is 6.16. The summed E-state index contributed by atoms with van der Waals surface area (Å²) in [4.78, 5) is 22.7. The van der Waals surface area contributed by atoms with E-state index in [1.54, 1.807) is 0 Å². The molecule has 0 spiro atoms. The molecule has 1 aromatic carbocycles. The summed E-state index contributed by atoms with van der Waals surface area (Å²) in [5.74, 6) is 0.395. The number of benzene rings is 1. The van der Waals surface area contributed by atoms with Gasteiger partial charge < -0.3 is 9.88 Å². The van der Waals surface area contributed by atoms with Crippen LogP contribution in [0.5, 0.6) is 0 Å². The van der Waals surface area contributed by atoms with Crippen molar-refractivity contribution in [2.24, 2.45) is 0 Å². The van der Waals surface area contributed by atoms with Crippen LogP contribution < -0.4 is 0 Å². The summed E-state index contributed by atoms with van der Waals surface area (Å²) in [7, 11) is 2.16. The van der Waals surface area contributed by atoms with Crippen LogP contribution in [0.25, 0.3) is 11.0 Å². The number of aldehydes is 1. The van der Waals surface area contributed by atoms with Crippen LogP contribution in [0.2, 0.25) is 0 Å². The van der Waals surface area contributed by atoms with Gasteiger partial charge in [-0.25, -0.2) is 4.98 Å². The van der Waals surface area contributed by atoms with Gasteiger partial charge >= 0.3 is 0 Å². The highest BCUT2D eigenvalue weighted by Crippen LogP contribution is 2.15. The molecule has 3 rings (SSSR count). The van der Waals surface area contributed by atoms with E-state index in [2.05, 4.69) is 38.9 Å². The Hall–Kier alpha value is -1.72. The van der Waals surface area contributed by atoms with Gasteiger partial charge in [0.25, 0.3) is 0 Å². The summed E-state index contributed by atoms with van der Waals surface area (Å²) in [6.45, 7) is 5.43. The lowest BCUT2D eigenvalue weighted by Gasteiger charge is -2.32. The highest BCUT2D eigenvalue weighted by Gasteiger charge is 2.14. The fraction of sp³-hybridized carbons (Fsp3) is 0.429. The predicted molar refractivity (Wildman–Crippen MR) is 74.3 cm³/mol. The van der Waals surface area contributed by atoms with Crippen molar-refractivity contribution in [2.75, 3.05) is 33.2 Å². The van der Waals surface area contributed by atoms with Crippen molar-refractivity contribution in [3.63, 3.8) is 0 Å². The normalized spacial score (nSPS) is 17.9. The number of aromatic amines is 1. The molecule has 5 nitrogen and oxygen atoms in total. The lowest BCUT2D eigenvalue weighted by Crippen LogP contribution is -2.43. The number of carbonyl (C=O) groups is 1. The third kappa shape index (κ3) is 2.67. The monoisotopic (exact) mass is 258 g/mol. The molecule has 0 radical (unpaired) electrons. The van der Waals surface area contributed by atoms with Gasteiger partial charge in [0, 0.05) is 32.7 Å². The van der Waals surface area contributed by atoms with E-state index in [4.69, 9.17) is 0 Å². The Morgan fingerprint density at radius 1 is 1.32 bits per heavy atom. The number of likely N-dealkylation sites (N-methyl/N-ethyl adjacent to an activating group) is 1. The summed E-state index contributed by atoms with van der Waals surface area (Å²) in [5, 5.41) is 0. The quantitative estimate of drug-likeness (QED) is 0.838. The smallest absolute Gasteiger partial charge is 0.185 e. The third-order valence-electron chi connectivity index (χ3n) is 3.68. The third-order valence-corrected chi connectivity index (χ3v) is 3.68. The summed E-state index contributed by atoms with van der Waals surface area (Å²) in [6.07, 6.45) is 0.750. The molecule has 19 heavy (non-hydrogen) atoms. The van der Waals surface area contributed by atoms with E-state index in [0.29, 0.717) is 5.82 Å². The number of piperazine rings is 1. The first-order chi connectivity index (χ1) is 9.24. The molecule has 0 saturated carbocycles. The van der Waals surface area contributed by atoms with Crippen LogP contribution in [-0.4, -0.2) is 59.3 Å². The summed E-state index contributed by atoms with van der Waals surface area (Å²) in [5.41, 5.74) is 3.05. The number of imidazole rings is 1. The molecule has 2 heterocycles. The van der Waals surface area contributed by atoms with Gasteiger partial charge in [0.15, 0.2) is 12.1 Å². The van der Waals surface area contributed by atoms with E-state index >= 15 is 0 Å². The molecule has 1 saturated heterocycles. The second-order valence-electron chi connectivity index (χ2n) is 5.17. The van der Waals surface area contributed by atoms with E-state index in [-0.39, 0.29) is 0 Å². The van der Waals surface area contributed by atoms with Crippen molar-refractivity contribution in [2.45, 2.75) is 6.54 Å². The second-order valence-corrected chi connectivity index (χ2v) is 5.17. The largest absolute Gasteiger partial charge is 0.336 e. The number of H-pyrrole nitrogens is 1. The maximum Gasteiger partial charge on any atom is 0.185 e. The average Bonchev–Trinajstić information content (AvgIpc) is 2.83. The van der Waals surface area contributed by atoms with Gasteiger partial charge in [-0.15, -0.1) is 0 Å². The highest BCUT2D eigenvalue weighted by molar-refractivity contribution is 5.82. The van der Waals surface area contributed by atoms with Crippen LogP contribution in [0, 0.1) is 0 Å². The Kier molecular flexibility index (Phi) is 3.31. The SMILES string of the molecule is CN1CCN(Cc2ccc3nc(C=O)[nH]c3c2)CC1. The first-order valence-corrected chi connectivity index (χ1v) is 6.59. The van der Waals surface area contributed by atoms with Crippen molar-refractivity contribution < 1.29 is 4.79 Å². The zero-order chi connectivity index (χ0) is 13.2. The number of hydrogen-bond acceptors (Lipinski definition) is 4. The summed E-state index contributed by atoms with van der Waals surface area (Å²) < 4.78 is 0. The molecule has 1 aromatic heterocycles. The molecule has 1 aliphatic heterocycles. The van der Waals surface area contributed by atoms with Crippen LogP contribution in [0.4, 0.5) is 0 Å². The Labute approximate surface area is 112 Å². The maximum atomic E-state index is 10.7. The van der Waals surface area contributed by atoms with Crippen molar-refractivity contribution in [3.8, 4) is 0 Å². The van der Waals surface area contributed by atoms with Crippen molar-refractivity contribution in [1.82, 2.24) is 19.8 Å². The first kappa shape index (κ1) is 12.3. The number of fused-ring (bicyclic) bond motifs is 1. The lowest BCUT2D eigenvalue weighted by molar-refractivity contribution is 0.111. The minimum Gasteiger partial charge on any atom is -0.336 e. The van der Waals surface area contributed by atoms with E-state index in [1.807, 2.05) is 6.07 Å². The molecule has 100 valence electrons. The Bertz CT molecular complexity index is 584. The molecule has 1 N–H and O–H groups in total. The highest BCUT2D eigenvalue weighted by atomic mass is 16.1. The van der Waals surface area contributed by atoms with E-state index < -0.39 is 0 Å². The average molecular weight is 258 g/mol. The number of aromatic nitrogens is 2. The van der Waals surface area contributed by atoms with Gasteiger partial charge in [-0.3, -0.25) is 9.69 Å². The van der Waals surface area contributed by atoms with Crippen molar-refractivity contribution in [3.05, 3.63) is 29.6 Å². The molecular weight excluding hydrogens is 240 g/mol. The molecule has 2 aromatic rings. The van der Waals surface area contributed by atoms with E-state index in [0.717, 1.165) is 50.0 Å². The van der Waals surface area contributed by atoms with Crippen LogP contribution in [0.1, 0.15) is 16.2 Å². The molecule has 1 fully saturated rings. The van der Waals surface area contributed by atoms with Gasteiger partial charge in [-0.2, -0.15) is 0 Å². The van der Waals surface area contributed by atoms with E-state index in [1.165, 1.54) is 5.56 Å². The van der Waals surface area contributed by atoms with Crippen molar-refractivity contribution in [1.29, 1.82) is 0 Å². The number of nitrogens with zero attached hydrogens (tertiary/aromatic N) is 3. The van der Waals surface area contributed by atoms with Gasteiger partial charge in [0.05, 0.1) is 11.0 Å². The van der Waals surface area contributed by atoms with Gasteiger partial charge in [-0.1, -0.05) is 6.07 Å². The zero-order valence-electron chi connectivity index (χ0n) is 11.1. The van der Waals surface area contributed by atoms with Gasteiger partial charge in [0.2, 0.25) is 0 Å². The minimum absolute atomic E-state index is 0.395. The molecule has 5 heteroatoms. The predicted octanol–water partition coefficient (Wildman–Crippen LogP) is 1.12. The first-order valence-electron chi connectivity index (χ1n) is 6.59. The minimum atomic E-state index is 0.395. The second kappa shape index (κ2) is 5.11. The molecule has 0 amide bonds. The molecule has 1 aliphatic rings. The van der Waals surface area contributed by atoms with Crippen molar-refractivity contribution >= 4 is 17.3 Å². The summed E-state index contributed by atoms with van der Waals surface area (Å²) >= 11 is 0. The molecule has 0 atom stereocenters. The maximum absolute atomic E-state index is 10.7. The van der Waals surface area contributed by atoms with Crippen LogP contribution in [0.15, 0.2) is 18.2 Å². The molecular formula is C14H18N4O. The number of carbonyl (C=O) groups excluding carboxylic acids is 1. The zero-order valence-corrected chi connectivity index (χ0v) is 11.1. The fourth-order valence-corrected chi connectivity index (χ4v) is 2.49. The van der Waals surface area contributed by atoms with E-state index in [9.17, 15) is 4.79 Å². The molecule has 0 bridgehead atoms. The lowest BCUT2D eigenvalue weighted by atomic mass is 10.1. The van der Waals surface area contributed by atoms with Crippen LogP contribution >= 0.6 is 0 Å². The van der Waals surface area contributed by atoms with Crippen LogP contribution in [-0.2, 0) is 6.54 Å². The number of rotatable bonds is 3. The number of nitrogens with one attached hydrogen (secondary N) is 1. The number of hydrogen-bond donors (Lipinski definition) is 1. The topological polar surface area (TPSA) is 52.2 Å². The fourth-order valence-electron chi connectivity index (χ4n) is 2.49. The Morgan fingerprint density at radius 2 is 2.11 bits per heavy atom. The molecule has 0 aliphatic carbocycles.